The monoisotopic (exact) mass is 174 g/mol. The van der Waals surface area contributed by atoms with Gasteiger partial charge < -0.3 is 14.8 Å². The van der Waals surface area contributed by atoms with Gasteiger partial charge in [-0.05, 0) is 0 Å². The summed E-state index contributed by atoms with van der Waals surface area (Å²) in [5, 5.41) is 2.20. The molecule has 6 heteroatoms. The molecular formula is C6H10N2O4. The average molecular weight is 174 g/mol. The van der Waals surface area contributed by atoms with Gasteiger partial charge in [-0.25, -0.2) is 9.59 Å². The van der Waals surface area contributed by atoms with Crippen molar-refractivity contribution < 1.29 is 19.1 Å². The molecule has 0 bridgehead atoms. The normalized spacial score (nSPS) is 8.42. The van der Waals surface area contributed by atoms with Gasteiger partial charge in [-0.15, -0.1) is 0 Å². The van der Waals surface area contributed by atoms with Gasteiger partial charge in [0.2, 0.25) is 6.08 Å². The molecule has 12 heavy (non-hydrogen) atoms. The summed E-state index contributed by atoms with van der Waals surface area (Å²) in [5.74, 6) is 0. The van der Waals surface area contributed by atoms with Gasteiger partial charge in [0.05, 0.1) is 6.61 Å². The lowest BCUT2D eigenvalue weighted by Crippen LogP contribution is -2.25. The molecule has 68 valence electrons. The molecule has 0 heterocycles. The molecule has 0 saturated heterocycles. The van der Waals surface area contributed by atoms with Crippen LogP contribution >= 0.6 is 0 Å². The smallest absolute Gasteiger partial charge is 0.408 e. The molecule has 0 unspecified atom stereocenters. The molecule has 0 atom stereocenters. The summed E-state index contributed by atoms with van der Waals surface area (Å²) in [6, 6.07) is 0. The Morgan fingerprint density at radius 1 is 1.58 bits per heavy atom. The van der Waals surface area contributed by atoms with Crippen molar-refractivity contribution in [1.29, 1.82) is 0 Å². The van der Waals surface area contributed by atoms with E-state index in [2.05, 4.69) is 19.8 Å². The van der Waals surface area contributed by atoms with E-state index in [1.54, 1.807) is 0 Å². The lowest BCUT2D eigenvalue weighted by molar-refractivity contribution is 0.0988. The van der Waals surface area contributed by atoms with Gasteiger partial charge in [0, 0.05) is 7.11 Å². The van der Waals surface area contributed by atoms with Crippen LogP contribution in [0.1, 0.15) is 0 Å². The molecular weight excluding hydrogens is 164 g/mol. The molecule has 0 aliphatic heterocycles. The van der Waals surface area contributed by atoms with Crippen LogP contribution in [0.25, 0.3) is 0 Å². The highest BCUT2D eigenvalue weighted by Crippen LogP contribution is 1.77. The van der Waals surface area contributed by atoms with Crippen molar-refractivity contribution in [1.82, 2.24) is 5.32 Å². The van der Waals surface area contributed by atoms with Crippen LogP contribution < -0.4 is 5.32 Å². The fourth-order valence-electron chi connectivity index (χ4n) is 0.405. The van der Waals surface area contributed by atoms with E-state index < -0.39 is 6.09 Å². The van der Waals surface area contributed by atoms with Crippen molar-refractivity contribution in [3.8, 4) is 0 Å². The third-order valence-electron chi connectivity index (χ3n) is 0.888. The summed E-state index contributed by atoms with van der Waals surface area (Å²) in [7, 11) is 1.50. The van der Waals surface area contributed by atoms with Gasteiger partial charge >= 0.3 is 6.09 Å². The van der Waals surface area contributed by atoms with E-state index in [-0.39, 0.29) is 13.3 Å². The van der Waals surface area contributed by atoms with Crippen LogP contribution in [-0.2, 0) is 14.3 Å². The standard InChI is InChI=1S/C6H10N2O4/c1-11-2-3-12-6(10)8-4-7-5-9/h2-4H2,1H3,(H,8,10). The minimum Gasteiger partial charge on any atom is -0.447 e. The van der Waals surface area contributed by atoms with Crippen molar-refractivity contribution in [2.75, 3.05) is 27.0 Å². The summed E-state index contributed by atoms with van der Waals surface area (Å²) < 4.78 is 9.19. The lowest BCUT2D eigenvalue weighted by Gasteiger charge is -2.02. The summed E-state index contributed by atoms with van der Waals surface area (Å²) >= 11 is 0. The second-order valence-electron chi connectivity index (χ2n) is 1.71. The Balaban J connectivity index is 3.27. The number of aliphatic imine (C=N–C) groups is 1. The SMILES string of the molecule is COCCOC(=O)NCN=C=O. The molecule has 0 radical (unpaired) electrons. The van der Waals surface area contributed by atoms with E-state index in [0.29, 0.717) is 6.61 Å². The lowest BCUT2D eigenvalue weighted by atomic mass is 10.8. The van der Waals surface area contributed by atoms with E-state index in [0.717, 1.165) is 0 Å². The van der Waals surface area contributed by atoms with Crippen molar-refractivity contribution in [2.45, 2.75) is 0 Å². The van der Waals surface area contributed by atoms with Crippen molar-refractivity contribution >= 4 is 12.2 Å². The van der Waals surface area contributed by atoms with Crippen molar-refractivity contribution in [3.63, 3.8) is 0 Å². The number of nitrogens with zero attached hydrogens (tertiary/aromatic N) is 1. The van der Waals surface area contributed by atoms with Gasteiger partial charge in [0.25, 0.3) is 0 Å². The Morgan fingerprint density at radius 3 is 2.92 bits per heavy atom. The van der Waals surface area contributed by atoms with Crippen LogP contribution in [0.4, 0.5) is 4.79 Å². The van der Waals surface area contributed by atoms with Crippen molar-refractivity contribution in [3.05, 3.63) is 0 Å². The van der Waals surface area contributed by atoms with E-state index >= 15 is 0 Å². The Labute approximate surface area is 69.6 Å². The molecule has 0 aliphatic rings. The molecule has 1 amide bonds. The second-order valence-corrected chi connectivity index (χ2v) is 1.71. The van der Waals surface area contributed by atoms with E-state index in [1.807, 2.05) is 0 Å². The fraction of sp³-hybridized carbons (Fsp3) is 0.667. The average Bonchev–Trinajstić information content (AvgIpc) is 2.06. The minimum atomic E-state index is -0.633. The molecule has 0 rings (SSSR count). The number of rotatable bonds is 5. The largest absolute Gasteiger partial charge is 0.447 e. The number of methoxy groups -OCH3 is 1. The van der Waals surface area contributed by atoms with Crippen LogP contribution in [-0.4, -0.2) is 39.2 Å². The number of hydrogen-bond acceptors (Lipinski definition) is 5. The number of alkyl carbamates (subject to hydrolysis) is 1. The number of hydrogen-bond donors (Lipinski definition) is 1. The van der Waals surface area contributed by atoms with Crippen LogP contribution in [0.2, 0.25) is 0 Å². The van der Waals surface area contributed by atoms with Crippen molar-refractivity contribution in [2.24, 2.45) is 4.99 Å². The highest BCUT2D eigenvalue weighted by atomic mass is 16.6. The summed E-state index contributed by atoms with van der Waals surface area (Å²) in [6.07, 6.45) is 0.637. The Hall–Kier alpha value is -1.39. The minimum absolute atomic E-state index is 0.116. The molecule has 0 aliphatic carbocycles. The molecule has 0 spiro atoms. The molecule has 0 aromatic carbocycles. The Bertz CT molecular complexity index is 176. The predicted molar refractivity (Wildman–Crippen MR) is 39.3 cm³/mol. The van der Waals surface area contributed by atoms with Gasteiger partial charge in [0.15, 0.2) is 0 Å². The first-order chi connectivity index (χ1) is 5.81. The molecule has 0 aromatic rings. The summed E-state index contributed by atoms with van der Waals surface area (Å²) in [5.41, 5.74) is 0. The van der Waals surface area contributed by atoms with Crippen LogP contribution in [0.15, 0.2) is 4.99 Å². The molecule has 0 fully saturated rings. The highest BCUT2D eigenvalue weighted by Gasteiger charge is 1.97. The van der Waals surface area contributed by atoms with E-state index in [1.165, 1.54) is 13.2 Å². The zero-order valence-corrected chi connectivity index (χ0v) is 6.70. The van der Waals surface area contributed by atoms with Gasteiger partial charge in [-0.1, -0.05) is 0 Å². The first kappa shape index (κ1) is 10.6. The third-order valence-corrected chi connectivity index (χ3v) is 0.888. The quantitative estimate of drug-likeness (QED) is 0.351. The maximum Gasteiger partial charge on any atom is 0.408 e. The number of ether oxygens (including phenoxy) is 2. The first-order valence-electron chi connectivity index (χ1n) is 3.24. The number of nitrogens with one attached hydrogen (secondary N) is 1. The van der Waals surface area contributed by atoms with Gasteiger partial charge in [0.1, 0.15) is 13.3 Å². The maximum atomic E-state index is 10.6. The fourth-order valence-corrected chi connectivity index (χ4v) is 0.405. The molecule has 0 aromatic heterocycles. The number of isocyanates is 1. The van der Waals surface area contributed by atoms with Crippen LogP contribution in [0.3, 0.4) is 0 Å². The second kappa shape index (κ2) is 7.71. The summed E-state index contributed by atoms with van der Waals surface area (Å²) in [4.78, 5) is 23.2. The van der Waals surface area contributed by atoms with Gasteiger partial charge in [-0.3, -0.25) is 0 Å². The first-order valence-corrected chi connectivity index (χ1v) is 3.24. The zero-order valence-electron chi connectivity index (χ0n) is 6.70. The highest BCUT2D eigenvalue weighted by molar-refractivity contribution is 5.67. The molecule has 1 N–H and O–H groups in total. The Morgan fingerprint density at radius 2 is 2.33 bits per heavy atom. The van der Waals surface area contributed by atoms with Gasteiger partial charge in [-0.2, -0.15) is 4.99 Å². The summed E-state index contributed by atoms with van der Waals surface area (Å²) in [6.45, 7) is 0.396. The Kier molecular flexibility index (Phi) is 6.82. The van der Waals surface area contributed by atoms with Crippen LogP contribution in [0.5, 0.6) is 0 Å². The van der Waals surface area contributed by atoms with E-state index in [9.17, 15) is 9.59 Å². The number of amides is 1. The topological polar surface area (TPSA) is 77.0 Å². The van der Waals surface area contributed by atoms with E-state index in [4.69, 9.17) is 0 Å². The number of carbonyl (C=O) groups excluding carboxylic acids is 2. The molecule has 0 saturated carbocycles. The maximum absolute atomic E-state index is 10.6. The number of carbonyl (C=O) groups is 1. The molecule has 6 nitrogen and oxygen atoms in total. The van der Waals surface area contributed by atoms with Crippen LogP contribution in [0, 0.1) is 0 Å². The third kappa shape index (κ3) is 6.73. The zero-order chi connectivity index (χ0) is 9.23. The predicted octanol–water partition coefficient (Wildman–Crippen LogP) is -0.348.